The molecule has 0 fully saturated rings. The Bertz CT molecular complexity index is 793. The first-order chi connectivity index (χ1) is 10.00. The fraction of sp³-hybridized carbons (Fsp3) is 0.143. The van der Waals surface area contributed by atoms with Gasteiger partial charge in [0, 0.05) is 10.2 Å². The molecule has 0 saturated heterocycles. The van der Waals surface area contributed by atoms with Crippen LogP contribution in [-0.2, 0) is 10.0 Å². The SMILES string of the molecule is Nc1cc(S(=O)(=O)N2CCOc3ccccc32)ccc1Br. The summed E-state index contributed by atoms with van der Waals surface area (Å²) in [5, 5.41) is 0. The summed E-state index contributed by atoms with van der Waals surface area (Å²) < 4.78 is 33.1. The molecule has 0 bridgehead atoms. The first-order valence-electron chi connectivity index (χ1n) is 6.30. The van der Waals surface area contributed by atoms with Crippen LogP contribution in [0.1, 0.15) is 0 Å². The van der Waals surface area contributed by atoms with Crippen LogP contribution < -0.4 is 14.8 Å². The van der Waals surface area contributed by atoms with Gasteiger partial charge in [-0.05, 0) is 46.3 Å². The van der Waals surface area contributed by atoms with Crippen molar-refractivity contribution < 1.29 is 13.2 Å². The van der Waals surface area contributed by atoms with Crippen molar-refractivity contribution in [3.8, 4) is 5.75 Å². The maximum Gasteiger partial charge on any atom is 0.264 e. The summed E-state index contributed by atoms with van der Waals surface area (Å²) >= 11 is 3.26. The van der Waals surface area contributed by atoms with Crippen LogP contribution in [0.25, 0.3) is 0 Å². The van der Waals surface area contributed by atoms with Crippen LogP contribution in [0.15, 0.2) is 51.8 Å². The van der Waals surface area contributed by atoms with E-state index in [0.717, 1.165) is 0 Å². The Balaban J connectivity index is 2.09. The second kappa shape index (κ2) is 5.23. The number of benzene rings is 2. The summed E-state index contributed by atoms with van der Waals surface area (Å²) in [6, 6.07) is 11.7. The number of ether oxygens (including phenoxy) is 1. The Morgan fingerprint density at radius 1 is 1.19 bits per heavy atom. The lowest BCUT2D eigenvalue weighted by molar-refractivity contribution is 0.316. The van der Waals surface area contributed by atoms with Gasteiger partial charge in [0.1, 0.15) is 12.4 Å². The molecule has 0 saturated carbocycles. The van der Waals surface area contributed by atoms with Gasteiger partial charge in [0.25, 0.3) is 10.0 Å². The molecule has 0 atom stereocenters. The van der Waals surface area contributed by atoms with Gasteiger partial charge in [-0.15, -0.1) is 0 Å². The summed E-state index contributed by atoms with van der Waals surface area (Å²) in [6.45, 7) is 0.595. The molecule has 0 radical (unpaired) electrons. The zero-order chi connectivity index (χ0) is 15.0. The molecule has 1 heterocycles. The maximum atomic E-state index is 12.8. The number of rotatable bonds is 2. The van der Waals surface area contributed by atoms with E-state index in [1.54, 1.807) is 24.3 Å². The first-order valence-corrected chi connectivity index (χ1v) is 8.53. The van der Waals surface area contributed by atoms with E-state index >= 15 is 0 Å². The number of halogens is 1. The fourth-order valence-corrected chi connectivity index (χ4v) is 3.95. The number of nitrogen functional groups attached to an aromatic ring is 1. The van der Waals surface area contributed by atoms with Gasteiger partial charge in [-0.1, -0.05) is 12.1 Å². The van der Waals surface area contributed by atoms with Gasteiger partial charge in [0.2, 0.25) is 0 Å². The van der Waals surface area contributed by atoms with E-state index in [9.17, 15) is 8.42 Å². The lowest BCUT2D eigenvalue weighted by Crippen LogP contribution is -2.37. The van der Waals surface area contributed by atoms with Crippen LogP contribution in [0.2, 0.25) is 0 Å². The molecule has 0 spiro atoms. The number of anilines is 2. The van der Waals surface area contributed by atoms with E-state index in [2.05, 4.69) is 15.9 Å². The third kappa shape index (κ3) is 2.47. The fourth-order valence-electron chi connectivity index (χ4n) is 2.20. The predicted molar refractivity (Wildman–Crippen MR) is 85.0 cm³/mol. The molecule has 110 valence electrons. The number of para-hydroxylation sites is 2. The van der Waals surface area contributed by atoms with Crippen LogP contribution in [0, 0.1) is 0 Å². The number of nitrogens with zero attached hydrogens (tertiary/aromatic N) is 1. The summed E-state index contributed by atoms with van der Waals surface area (Å²) in [5.74, 6) is 0.567. The molecule has 2 aromatic rings. The quantitative estimate of drug-likeness (QED) is 0.826. The standard InChI is InChI=1S/C14H13BrN2O3S/c15-11-6-5-10(9-12(11)16)21(18,19)17-7-8-20-14-4-2-1-3-13(14)17/h1-6,9H,7-8,16H2. The van der Waals surface area contributed by atoms with E-state index in [4.69, 9.17) is 10.5 Å². The van der Waals surface area contributed by atoms with Crippen LogP contribution in [0.3, 0.4) is 0 Å². The van der Waals surface area contributed by atoms with Crippen LogP contribution in [-0.4, -0.2) is 21.6 Å². The molecule has 5 nitrogen and oxygen atoms in total. The monoisotopic (exact) mass is 368 g/mol. The van der Waals surface area contributed by atoms with E-state index in [1.807, 2.05) is 6.07 Å². The third-order valence-corrected chi connectivity index (χ3v) is 5.77. The third-order valence-electron chi connectivity index (χ3n) is 3.24. The van der Waals surface area contributed by atoms with E-state index in [0.29, 0.717) is 28.2 Å². The van der Waals surface area contributed by atoms with E-state index in [1.165, 1.54) is 16.4 Å². The maximum absolute atomic E-state index is 12.8. The van der Waals surface area contributed by atoms with Crippen LogP contribution in [0.4, 0.5) is 11.4 Å². The molecular weight excluding hydrogens is 356 g/mol. The minimum Gasteiger partial charge on any atom is -0.489 e. The van der Waals surface area contributed by atoms with Crippen molar-refractivity contribution >= 4 is 37.3 Å². The van der Waals surface area contributed by atoms with Crippen molar-refractivity contribution in [1.82, 2.24) is 0 Å². The van der Waals surface area contributed by atoms with Gasteiger partial charge in [-0.2, -0.15) is 0 Å². The lowest BCUT2D eigenvalue weighted by Gasteiger charge is -2.30. The van der Waals surface area contributed by atoms with Gasteiger partial charge in [-0.3, -0.25) is 4.31 Å². The molecular formula is C14H13BrN2O3S. The smallest absolute Gasteiger partial charge is 0.264 e. The second-order valence-electron chi connectivity index (χ2n) is 4.58. The summed E-state index contributed by atoms with van der Waals surface area (Å²) in [4.78, 5) is 0.167. The normalized spacial score (nSPS) is 14.4. The Morgan fingerprint density at radius 3 is 2.71 bits per heavy atom. The van der Waals surface area contributed by atoms with Crippen molar-refractivity contribution in [1.29, 1.82) is 0 Å². The molecule has 21 heavy (non-hydrogen) atoms. The second-order valence-corrected chi connectivity index (χ2v) is 7.29. The zero-order valence-corrected chi connectivity index (χ0v) is 13.4. The van der Waals surface area contributed by atoms with Gasteiger partial charge < -0.3 is 10.5 Å². The molecule has 0 aliphatic carbocycles. The largest absolute Gasteiger partial charge is 0.489 e. The first kappa shape index (κ1) is 14.2. The highest BCUT2D eigenvalue weighted by atomic mass is 79.9. The van der Waals surface area contributed by atoms with Crippen molar-refractivity contribution in [3.05, 3.63) is 46.9 Å². The number of hydrogen-bond donors (Lipinski definition) is 1. The Kier molecular flexibility index (Phi) is 3.54. The van der Waals surface area contributed by atoms with Crippen LogP contribution >= 0.6 is 15.9 Å². The van der Waals surface area contributed by atoms with Gasteiger partial charge in [0.05, 0.1) is 17.1 Å². The average Bonchev–Trinajstić information content (AvgIpc) is 2.49. The molecule has 2 N–H and O–H groups in total. The van der Waals surface area contributed by atoms with Crippen LogP contribution in [0.5, 0.6) is 5.75 Å². The van der Waals surface area contributed by atoms with E-state index in [-0.39, 0.29) is 11.4 Å². The molecule has 1 aliphatic rings. The zero-order valence-electron chi connectivity index (χ0n) is 11.0. The van der Waals surface area contributed by atoms with Crippen molar-refractivity contribution in [2.24, 2.45) is 0 Å². The van der Waals surface area contributed by atoms with Gasteiger partial charge >= 0.3 is 0 Å². The summed E-state index contributed by atoms with van der Waals surface area (Å²) in [7, 11) is -3.66. The topological polar surface area (TPSA) is 72.6 Å². The predicted octanol–water partition coefficient (Wildman–Crippen LogP) is 2.62. The average molecular weight is 369 g/mol. The molecule has 7 heteroatoms. The van der Waals surface area contributed by atoms with Crippen molar-refractivity contribution in [2.75, 3.05) is 23.2 Å². The minimum atomic E-state index is -3.66. The summed E-state index contributed by atoms with van der Waals surface area (Å²) in [5.41, 5.74) is 6.72. The highest BCUT2D eigenvalue weighted by molar-refractivity contribution is 9.10. The Morgan fingerprint density at radius 2 is 1.95 bits per heavy atom. The number of nitrogens with two attached hydrogens (primary N) is 1. The molecule has 0 aromatic heterocycles. The van der Waals surface area contributed by atoms with Crippen molar-refractivity contribution in [3.63, 3.8) is 0 Å². The summed E-state index contributed by atoms with van der Waals surface area (Å²) in [6.07, 6.45) is 0. The highest BCUT2D eigenvalue weighted by Crippen LogP contribution is 2.35. The number of fused-ring (bicyclic) bond motifs is 1. The van der Waals surface area contributed by atoms with E-state index < -0.39 is 10.0 Å². The Labute approximate surface area is 131 Å². The molecule has 0 unspecified atom stereocenters. The number of sulfonamides is 1. The number of hydrogen-bond acceptors (Lipinski definition) is 4. The van der Waals surface area contributed by atoms with Gasteiger partial charge in [-0.25, -0.2) is 8.42 Å². The Hall–Kier alpha value is -1.73. The highest BCUT2D eigenvalue weighted by Gasteiger charge is 2.30. The van der Waals surface area contributed by atoms with Gasteiger partial charge in [0.15, 0.2) is 0 Å². The molecule has 1 aliphatic heterocycles. The van der Waals surface area contributed by atoms with Crippen molar-refractivity contribution in [2.45, 2.75) is 4.90 Å². The lowest BCUT2D eigenvalue weighted by atomic mass is 10.2. The molecule has 2 aromatic carbocycles. The molecule has 3 rings (SSSR count). The minimum absolute atomic E-state index is 0.167. The molecule has 0 amide bonds.